The Kier molecular flexibility index (Phi) is 3.80. The number of hydrogen-bond acceptors (Lipinski definition) is 4. The van der Waals surface area contributed by atoms with Gasteiger partial charge < -0.3 is 15.8 Å². The van der Waals surface area contributed by atoms with Crippen molar-refractivity contribution in [1.82, 2.24) is 15.5 Å². The van der Waals surface area contributed by atoms with Gasteiger partial charge in [0.05, 0.1) is 12.2 Å². The Labute approximate surface area is 104 Å². The number of aromatic nitrogens is 2. The summed E-state index contributed by atoms with van der Waals surface area (Å²) in [5.74, 6) is 0.408. The molecule has 6 heteroatoms. The molecule has 4 N–H and O–H groups in total. The average Bonchev–Trinajstić information content (AvgIpc) is 2.90. The number of H-pyrrole nitrogens is 1. The van der Waals surface area contributed by atoms with Crippen LogP contribution in [-0.2, 0) is 0 Å². The lowest BCUT2D eigenvalue weighted by molar-refractivity contribution is 0.0942. The Balaban J connectivity index is 1.74. The van der Waals surface area contributed by atoms with Crippen molar-refractivity contribution in [3.8, 4) is 5.75 Å². The first-order valence-corrected chi connectivity index (χ1v) is 5.52. The molecule has 0 saturated heterocycles. The van der Waals surface area contributed by atoms with Crippen LogP contribution in [0.3, 0.4) is 0 Å². The Hall–Kier alpha value is -2.50. The topological polar surface area (TPSA) is 93.0 Å². The first-order valence-electron chi connectivity index (χ1n) is 5.52. The van der Waals surface area contributed by atoms with Crippen LogP contribution >= 0.6 is 0 Å². The van der Waals surface area contributed by atoms with Crippen molar-refractivity contribution < 1.29 is 9.53 Å². The van der Waals surface area contributed by atoms with E-state index in [0.29, 0.717) is 30.3 Å². The summed E-state index contributed by atoms with van der Waals surface area (Å²) >= 11 is 0. The smallest absolute Gasteiger partial charge is 0.269 e. The van der Waals surface area contributed by atoms with Gasteiger partial charge in [0.1, 0.15) is 18.1 Å². The number of amides is 1. The number of carbonyl (C=O) groups excluding carboxylic acids is 1. The highest BCUT2D eigenvalue weighted by Crippen LogP contribution is 2.19. The van der Waals surface area contributed by atoms with Gasteiger partial charge in [-0.25, -0.2) is 0 Å². The molecule has 1 aromatic heterocycles. The van der Waals surface area contributed by atoms with Gasteiger partial charge in [-0.2, -0.15) is 5.10 Å². The largest absolute Gasteiger partial charge is 0.490 e. The molecular formula is C12H14N4O2. The van der Waals surface area contributed by atoms with Crippen molar-refractivity contribution in [3.63, 3.8) is 0 Å². The van der Waals surface area contributed by atoms with Crippen molar-refractivity contribution >= 4 is 11.6 Å². The molecule has 94 valence electrons. The molecule has 0 bridgehead atoms. The van der Waals surface area contributed by atoms with Gasteiger partial charge in [0.2, 0.25) is 0 Å². The summed E-state index contributed by atoms with van der Waals surface area (Å²) in [5.41, 5.74) is 6.72. The summed E-state index contributed by atoms with van der Waals surface area (Å²) < 4.78 is 5.44. The van der Waals surface area contributed by atoms with E-state index in [-0.39, 0.29) is 5.91 Å². The molecule has 0 atom stereocenters. The second-order valence-corrected chi connectivity index (χ2v) is 3.61. The molecule has 6 nitrogen and oxygen atoms in total. The molecule has 0 saturated carbocycles. The zero-order valence-corrected chi connectivity index (χ0v) is 9.72. The Morgan fingerprint density at radius 3 is 2.94 bits per heavy atom. The molecule has 1 aromatic carbocycles. The fourth-order valence-electron chi connectivity index (χ4n) is 1.42. The van der Waals surface area contributed by atoms with Crippen LogP contribution in [0.2, 0.25) is 0 Å². The minimum Gasteiger partial charge on any atom is -0.490 e. The Morgan fingerprint density at radius 2 is 2.22 bits per heavy atom. The van der Waals surface area contributed by atoms with Gasteiger partial charge >= 0.3 is 0 Å². The number of aromatic amines is 1. The van der Waals surface area contributed by atoms with E-state index in [1.165, 1.54) is 6.20 Å². The van der Waals surface area contributed by atoms with Gasteiger partial charge in [0.25, 0.3) is 5.91 Å². The van der Waals surface area contributed by atoms with Crippen LogP contribution in [0.1, 0.15) is 10.5 Å². The maximum absolute atomic E-state index is 11.5. The lowest BCUT2D eigenvalue weighted by Gasteiger charge is -2.08. The molecule has 0 fully saturated rings. The average molecular weight is 246 g/mol. The van der Waals surface area contributed by atoms with Crippen molar-refractivity contribution in [2.24, 2.45) is 0 Å². The molecule has 0 spiro atoms. The minimum absolute atomic E-state index is 0.211. The van der Waals surface area contributed by atoms with Crippen LogP contribution in [0.25, 0.3) is 0 Å². The second kappa shape index (κ2) is 5.72. The first-order chi connectivity index (χ1) is 8.77. The van der Waals surface area contributed by atoms with E-state index < -0.39 is 0 Å². The number of carbonyl (C=O) groups is 1. The highest BCUT2D eigenvalue weighted by molar-refractivity contribution is 5.92. The van der Waals surface area contributed by atoms with Gasteiger partial charge in [-0.15, -0.1) is 0 Å². The van der Waals surface area contributed by atoms with E-state index in [0.717, 1.165) is 0 Å². The van der Waals surface area contributed by atoms with E-state index in [2.05, 4.69) is 15.5 Å². The lowest BCUT2D eigenvalue weighted by atomic mass is 10.3. The second-order valence-electron chi connectivity index (χ2n) is 3.61. The van der Waals surface area contributed by atoms with Crippen LogP contribution in [0, 0.1) is 0 Å². The molecule has 2 aromatic rings. The van der Waals surface area contributed by atoms with Crippen LogP contribution < -0.4 is 15.8 Å². The van der Waals surface area contributed by atoms with E-state index >= 15 is 0 Å². The van der Waals surface area contributed by atoms with E-state index in [1.54, 1.807) is 18.2 Å². The zero-order chi connectivity index (χ0) is 12.8. The third kappa shape index (κ3) is 3.00. The summed E-state index contributed by atoms with van der Waals surface area (Å²) in [5, 5.41) is 8.98. The number of para-hydroxylation sites is 2. The first kappa shape index (κ1) is 12.0. The number of nitrogens with one attached hydrogen (secondary N) is 2. The highest BCUT2D eigenvalue weighted by atomic mass is 16.5. The van der Waals surface area contributed by atoms with Crippen LogP contribution in [0.5, 0.6) is 5.75 Å². The van der Waals surface area contributed by atoms with Crippen LogP contribution in [0.4, 0.5) is 5.69 Å². The molecule has 1 heterocycles. The monoisotopic (exact) mass is 246 g/mol. The zero-order valence-electron chi connectivity index (χ0n) is 9.72. The van der Waals surface area contributed by atoms with Gasteiger partial charge in [-0.1, -0.05) is 12.1 Å². The van der Waals surface area contributed by atoms with Crippen LogP contribution in [-0.4, -0.2) is 29.3 Å². The van der Waals surface area contributed by atoms with Gasteiger partial charge in [0.15, 0.2) is 0 Å². The summed E-state index contributed by atoms with van der Waals surface area (Å²) in [4.78, 5) is 11.5. The maximum atomic E-state index is 11.5. The maximum Gasteiger partial charge on any atom is 0.269 e. The fourth-order valence-corrected chi connectivity index (χ4v) is 1.42. The molecule has 18 heavy (non-hydrogen) atoms. The van der Waals surface area contributed by atoms with Crippen molar-refractivity contribution in [3.05, 3.63) is 42.2 Å². The lowest BCUT2D eigenvalue weighted by Crippen LogP contribution is -2.28. The van der Waals surface area contributed by atoms with Crippen molar-refractivity contribution in [1.29, 1.82) is 0 Å². The van der Waals surface area contributed by atoms with Gasteiger partial charge in [0, 0.05) is 6.20 Å². The van der Waals surface area contributed by atoms with Crippen LogP contribution in [0.15, 0.2) is 36.5 Å². The quantitative estimate of drug-likeness (QED) is 0.537. The van der Waals surface area contributed by atoms with Gasteiger partial charge in [-0.3, -0.25) is 9.89 Å². The minimum atomic E-state index is -0.211. The molecular weight excluding hydrogens is 232 g/mol. The van der Waals surface area contributed by atoms with Crippen molar-refractivity contribution in [2.45, 2.75) is 0 Å². The molecule has 0 aliphatic rings. The highest BCUT2D eigenvalue weighted by Gasteiger charge is 2.05. The third-order valence-corrected chi connectivity index (χ3v) is 2.31. The SMILES string of the molecule is Nc1ccccc1OCCNC(=O)c1ccn[nH]1. The Bertz CT molecular complexity index is 511. The normalized spacial score (nSPS) is 10.0. The third-order valence-electron chi connectivity index (χ3n) is 2.31. The van der Waals surface area contributed by atoms with Gasteiger partial charge in [-0.05, 0) is 18.2 Å². The van der Waals surface area contributed by atoms with E-state index in [1.807, 2.05) is 12.1 Å². The number of rotatable bonds is 5. The molecule has 2 rings (SSSR count). The predicted octanol–water partition coefficient (Wildman–Crippen LogP) is 0.801. The summed E-state index contributed by atoms with van der Waals surface area (Å²) in [6, 6.07) is 8.83. The van der Waals surface area contributed by atoms with E-state index in [4.69, 9.17) is 10.5 Å². The van der Waals surface area contributed by atoms with E-state index in [9.17, 15) is 4.79 Å². The molecule has 0 unspecified atom stereocenters. The number of benzene rings is 1. The number of nitrogen functional groups attached to an aromatic ring is 1. The van der Waals surface area contributed by atoms with Crippen molar-refractivity contribution in [2.75, 3.05) is 18.9 Å². The number of nitrogens with two attached hydrogens (primary N) is 1. The Morgan fingerprint density at radius 1 is 1.39 bits per heavy atom. The molecule has 0 radical (unpaired) electrons. The number of anilines is 1. The number of ether oxygens (including phenoxy) is 1. The summed E-state index contributed by atoms with van der Waals surface area (Å²) in [6.07, 6.45) is 1.52. The summed E-state index contributed by atoms with van der Waals surface area (Å²) in [6.45, 7) is 0.750. The standard InChI is InChI=1S/C12H14N4O2/c13-9-3-1-2-4-11(9)18-8-7-14-12(17)10-5-6-15-16-10/h1-6H,7-8,13H2,(H,14,17)(H,15,16). The molecule has 1 amide bonds. The number of hydrogen-bond donors (Lipinski definition) is 3. The predicted molar refractivity (Wildman–Crippen MR) is 67.3 cm³/mol. The fraction of sp³-hybridized carbons (Fsp3) is 0.167. The molecule has 0 aliphatic heterocycles. The summed E-state index contributed by atoms with van der Waals surface area (Å²) in [7, 11) is 0. The molecule has 0 aliphatic carbocycles. The number of nitrogens with zero attached hydrogens (tertiary/aromatic N) is 1.